The average Bonchev–Trinajstić information content (AvgIpc) is 2.86. The first-order chi connectivity index (χ1) is 9.15. The molecule has 0 aromatic rings. The fourth-order valence-electron chi connectivity index (χ4n) is 2.48. The van der Waals surface area contributed by atoms with Gasteiger partial charge in [-0.2, -0.15) is 0 Å². The molecule has 0 radical (unpaired) electrons. The lowest BCUT2D eigenvalue weighted by atomic mass is 10.0. The molecule has 0 saturated carbocycles. The second-order valence-electron chi connectivity index (χ2n) is 5.90. The topological polar surface area (TPSA) is 83.5 Å². The number of hydrogen-bond acceptors (Lipinski definition) is 7. The molecule has 2 rings (SSSR count). The third kappa shape index (κ3) is 3.12. The smallest absolute Gasteiger partial charge is 0.337 e. The van der Waals surface area contributed by atoms with E-state index in [0.717, 1.165) is 0 Å². The van der Waals surface area contributed by atoms with E-state index in [2.05, 4.69) is 4.74 Å². The molecule has 2 fully saturated rings. The summed E-state index contributed by atoms with van der Waals surface area (Å²) in [5, 5.41) is 10.0. The summed E-state index contributed by atoms with van der Waals surface area (Å²) in [4.78, 5) is 11.5. The predicted molar refractivity (Wildman–Crippen MR) is 66.8 cm³/mol. The van der Waals surface area contributed by atoms with E-state index in [4.69, 9.17) is 18.9 Å². The Hall–Kier alpha value is -0.730. The van der Waals surface area contributed by atoms with Gasteiger partial charge in [-0.3, -0.25) is 0 Å². The number of aliphatic hydroxyl groups excluding tert-OH is 1. The highest BCUT2D eigenvalue weighted by atomic mass is 16.8. The molecule has 0 amide bonds. The second kappa shape index (κ2) is 5.23. The zero-order valence-corrected chi connectivity index (χ0v) is 12.4. The summed E-state index contributed by atoms with van der Waals surface area (Å²) in [5.74, 6) is -2.40. The average molecular weight is 290 g/mol. The van der Waals surface area contributed by atoms with E-state index < -0.39 is 42.0 Å². The first-order valence-corrected chi connectivity index (χ1v) is 6.58. The first kappa shape index (κ1) is 15.7. The Kier molecular flexibility index (Phi) is 4.10. The minimum Gasteiger partial charge on any atom is -0.467 e. The molecular weight excluding hydrogens is 268 g/mol. The highest BCUT2D eigenvalue weighted by Gasteiger charge is 2.53. The minimum atomic E-state index is -1.43. The SMILES string of the molecule is COC(=O)[C@H](O)[C@H]1OC(C)(C)O[C@@H]1[C@H]1COC(C)(C)O1. The summed E-state index contributed by atoms with van der Waals surface area (Å²) in [6.45, 7) is 7.32. The number of methoxy groups -OCH3 is 1. The fourth-order valence-corrected chi connectivity index (χ4v) is 2.48. The minimum absolute atomic E-state index is 0.307. The number of carbonyl (C=O) groups excluding carboxylic acids is 1. The van der Waals surface area contributed by atoms with Gasteiger partial charge in [0.2, 0.25) is 0 Å². The van der Waals surface area contributed by atoms with Crippen molar-refractivity contribution in [2.24, 2.45) is 0 Å². The van der Waals surface area contributed by atoms with Crippen LogP contribution in [0.15, 0.2) is 0 Å². The number of aliphatic hydroxyl groups is 1. The van der Waals surface area contributed by atoms with E-state index >= 15 is 0 Å². The third-order valence-electron chi connectivity index (χ3n) is 3.31. The van der Waals surface area contributed by atoms with Gasteiger partial charge in [0.05, 0.1) is 13.7 Å². The van der Waals surface area contributed by atoms with Gasteiger partial charge in [0.25, 0.3) is 0 Å². The number of hydrogen-bond donors (Lipinski definition) is 1. The Balaban J connectivity index is 2.14. The van der Waals surface area contributed by atoms with Crippen molar-refractivity contribution in [3.63, 3.8) is 0 Å². The zero-order valence-electron chi connectivity index (χ0n) is 12.4. The van der Waals surface area contributed by atoms with Crippen LogP contribution in [0.3, 0.4) is 0 Å². The molecule has 2 saturated heterocycles. The molecule has 0 aromatic carbocycles. The largest absolute Gasteiger partial charge is 0.467 e. The summed E-state index contributed by atoms with van der Waals surface area (Å²) in [6.07, 6.45) is -3.32. The van der Waals surface area contributed by atoms with Gasteiger partial charge in [-0.05, 0) is 27.7 Å². The highest BCUT2D eigenvalue weighted by Crippen LogP contribution is 2.36. The summed E-state index contributed by atoms with van der Waals surface area (Å²) < 4.78 is 27.1. The summed E-state index contributed by atoms with van der Waals surface area (Å²) in [7, 11) is 1.21. The van der Waals surface area contributed by atoms with Crippen LogP contribution in [0.25, 0.3) is 0 Å². The van der Waals surface area contributed by atoms with Crippen LogP contribution in [0.2, 0.25) is 0 Å². The molecule has 1 N–H and O–H groups in total. The Morgan fingerprint density at radius 2 is 1.85 bits per heavy atom. The first-order valence-electron chi connectivity index (χ1n) is 6.58. The quantitative estimate of drug-likeness (QED) is 0.743. The number of carbonyl (C=O) groups is 1. The highest BCUT2D eigenvalue weighted by molar-refractivity contribution is 5.75. The molecule has 0 unspecified atom stereocenters. The molecule has 0 spiro atoms. The van der Waals surface area contributed by atoms with Crippen molar-refractivity contribution in [1.82, 2.24) is 0 Å². The van der Waals surface area contributed by atoms with Crippen LogP contribution in [0, 0.1) is 0 Å². The van der Waals surface area contributed by atoms with E-state index in [1.807, 2.05) is 0 Å². The zero-order chi connectivity index (χ0) is 15.1. The molecule has 0 aliphatic carbocycles. The molecule has 116 valence electrons. The van der Waals surface area contributed by atoms with E-state index in [1.165, 1.54) is 7.11 Å². The lowest BCUT2D eigenvalue weighted by Crippen LogP contribution is -2.47. The maximum Gasteiger partial charge on any atom is 0.337 e. The van der Waals surface area contributed by atoms with Crippen LogP contribution in [0.4, 0.5) is 0 Å². The van der Waals surface area contributed by atoms with Gasteiger partial charge >= 0.3 is 5.97 Å². The van der Waals surface area contributed by atoms with Crippen LogP contribution >= 0.6 is 0 Å². The number of esters is 1. The van der Waals surface area contributed by atoms with Crippen molar-refractivity contribution in [3.8, 4) is 0 Å². The molecule has 7 heteroatoms. The van der Waals surface area contributed by atoms with Crippen LogP contribution in [-0.4, -0.2) is 60.8 Å². The van der Waals surface area contributed by atoms with Gasteiger partial charge in [0, 0.05) is 0 Å². The molecule has 0 aromatic heterocycles. The molecule has 2 aliphatic heterocycles. The molecule has 20 heavy (non-hydrogen) atoms. The second-order valence-corrected chi connectivity index (χ2v) is 5.90. The predicted octanol–water partition coefficient (Wildman–Crippen LogP) is 0.192. The van der Waals surface area contributed by atoms with Crippen LogP contribution in [-0.2, 0) is 28.5 Å². The summed E-state index contributed by atoms with van der Waals surface area (Å²) >= 11 is 0. The van der Waals surface area contributed by atoms with Crippen molar-refractivity contribution >= 4 is 5.97 Å². The Labute approximate surface area is 118 Å². The molecule has 0 bridgehead atoms. The van der Waals surface area contributed by atoms with Crippen LogP contribution < -0.4 is 0 Å². The number of ether oxygens (including phenoxy) is 5. The van der Waals surface area contributed by atoms with Crippen LogP contribution in [0.5, 0.6) is 0 Å². The maximum absolute atomic E-state index is 11.5. The monoisotopic (exact) mass is 290 g/mol. The van der Waals surface area contributed by atoms with Gasteiger partial charge < -0.3 is 28.8 Å². The third-order valence-corrected chi connectivity index (χ3v) is 3.31. The van der Waals surface area contributed by atoms with Gasteiger partial charge in [0.1, 0.15) is 18.3 Å². The molecular formula is C13H22O7. The van der Waals surface area contributed by atoms with Crippen molar-refractivity contribution in [1.29, 1.82) is 0 Å². The summed E-state index contributed by atoms with van der Waals surface area (Å²) in [5.41, 5.74) is 0. The lowest BCUT2D eigenvalue weighted by molar-refractivity contribution is -0.176. The Bertz CT molecular complexity index is 379. The van der Waals surface area contributed by atoms with Gasteiger partial charge in [-0.15, -0.1) is 0 Å². The molecule has 7 nitrogen and oxygen atoms in total. The number of rotatable bonds is 3. The normalized spacial score (nSPS) is 36.8. The van der Waals surface area contributed by atoms with Crippen molar-refractivity contribution < 1.29 is 33.6 Å². The van der Waals surface area contributed by atoms with E-state index in [-0.39, 0.29) is 0 Å². The van der Waals surface area contributed by atoms with E-state index in [9.17, 15) is 9.90 Å². The maximum atomic E-state index is 11.5. The van der Waals surface area contributed by atoms with Gasteiger partial charge in [0.15, 0.2) is 17.7 Å². The standard InChI is InChI=1S/C13H22O7/c1-12(2)17-6-7(18-12)9-10(8(14)11(15)16-5)20-13(3,4)19-9/h7-10,14H,6H2,1-5H3/t7-,8-,9-,10-/m1/s1. The Morgan fingerprint density at radius 1 is 1.20 bits per heavy atom. The van der Waals surface area contributed by atoms with Gasteiger partial charge in [-0.1, -0.05) is 0 Å². The Morgan fingerprint density at radius 3 is 2.35 bits per heavy atom. The van der Waals surface area contributed by atoms with E-state index in [1.54, 1.807) is 27.7 Å². The summed E-state index contributed by atoms with van der Waals surface area (Å²) in [6, 6.07) is 0. The van der Waals surface area contributed by atoms with Crippen LogP contribution in [0.1, 0.15) is 27.7 Å². The fraction of sp³-hybridized carbons (Fsp3) is 0.923. The van der Waals surface area contributed by atoms with Crippen molar-refractivity contribution in [3.05, 3.63) is 0 Å². The van der Waals surface area contributed by atoms with Crippen molar-refractivity contribution in [2.75, 3.05) is 13.7 Å². The van der Waals surface area contributed by atoms with Gasteiger partial charge in [-0.25, -0.2) is 4.79 Å². The molecule has 2 heterocycles. The lowest BCUT2D eigenvalue weighted by Gasteiger charge is -2.25. The van der Waals surface area contributed by atoms with Crippen molar-refractivity contribution in [2.45, 2.75) is 63.7 Å². The van der Waals surface area contributed by atoms with E-state index in [0.29, 0.717) is 6.61 Å². The molecule has 4 atom stereocenters. The molecule has 2 aliphatic rings.